The molecule has 0 aliphatic heterocycles. The van der Waals surface area contributed by atoms with Crippen molar-refractivity contribution in [2.24, 2.45) is 5.73 Å². The Kier molecular flexibility index (Phi) is 10.2. The summed E-state index contributed by atoms with van der Waals surface area (Å²) in [6, 6.07) is 18.0. The first-order valence-electron chi connectivity index (χ1n) is 14.1. The number of nitrogens with zero attached hydrogens (tertiary/aromatic N) is 1. The van der Waals surface area contributed by atoms with Crippen LogP contribution >= 0.6 is 0 Å². The third-order valence-corrected chi connectivity index (χ3v) is 6.96. The number of nitrogens with two attached hydrogens (primary N) is 1. The van der Waals surface area contributed by atoms with Crippen LogP contribution in [-0.2, 0) is 22.6 Å². The number of carboxylic acids is 1. The third kappa shape index (κ3) is 8.13. The predicted octanol–water partition coefficient (Wildman–Crippen LogP) is 6.64. The number of aliphatic carboxylic acids is 1. The lowest BCUT2D eigenvalue weighted by molar-refractivity contribution is -0.137. The van der Waals surface area contributed by atoms with Gasteiger partial charge in [0.2, 0.25) is 5.91 Å². The van der Waals surface area contributed by atoms with Crippen molar-refractivity contribution in [3.05, 3.63) is 106 Å². The molecule has 42 heavy (non-hydrogen) atoms. The van der Waals surface area contributed by atoms with Crippen molar-refractivity contribution in [2.75, 3.05) is 13.2 Å². The molecule has 4 rings (SSSR count). The highest BCUT2D eigenvalue weighted by Gasteiger charge is 2.13. The molecule has 0 bridgehead atoms. The predicted molar refractivity (Wildman–Crippen MR) is 168 cm³/mol. The molecule has 1 amide bonds. The van der Waals surface area contributed by atoms with Crippen LogP contribution in [0.5, 0.6) is 11.5 Å². The van der Waals surface area contributed by atoms with E-state index >= 15 is 0 Å². The fourth-order valence-corrected chi connectivity index (χ4v) is 5.19. The van der Waals surface area contributed by atoms with Crippen LogP contribution in [0, 0.1) is 20.8 Å². The summed E-state index contributed by atoms with van der Waals surface area (Å²) in [5, 5.41) is 10.4. The van der Waals surface area contributed by atoms with Crippen molar-refractivity contribution < 1.29 is 24.2 Å². The topological polar surface area (TPSA) is 104 Å². The molecule has 3 aromatic carbocycles. The lowest BCUT2D eigenvalue weighted by Crippen LogP contribution is -2.10. The standard InChI is InChI=1S/C35H38N2O5/c1-24-20-25(2)35(26(3)21-24)42-19-5-4-18-41-30-16-13-27(14-17-30)12-15-28-8-6-10-31-29(9-7-11-32(36)38)22-37(34(28)31)23-33(39)40/h4-6,8,10,12-17,20-22H,7,9,11,18-19,23H2,1-3H3,(H2,36,38)(H,39,40)/b5-4+,15-12+. The van der Waals surface area contributed by atoms with Gasteiger partial charge in [-0.1, -0.05) is 60.2 Å². The van der Waals surface area contributed by atoms with E-state index in [9.17, 15) is 14.7 Å². The van der Waals surface area contributed by atoms with Crippen LogP contribution in [0.2, 0.25) is 0 Å². The minimum atomic E-state index is -0.913. The molecule has 0 spiro atoms. The number of carbonyl (C=O) groups is 2. The van der Waals surface area contributed by atoms with Gasteiger partial charge in [-0.05, 0) is 85.7 Å². The van der Waals surface area contributed by atoms with Gasteiger partial charge in [-0.3, -0.25) is 9.59 Å². The van der Waals surface area contributed by atoms with Gasteiger partial charge in [-0.15, -0.1) is 0 Å². The number of benzene rings is 3. The summed E-state index contributed by atoms with van der Waals surface area (Å²) in [7, 11) is 0. The number of aryl methyl sites for hydroxylation is 4. The second-order valence-corrected chi connectivity index (χ2v) is 10.5. The monoisotopic (exact) mass is 566 g/mol. The molecular formula is C35H38N2O5. The fraction of sp³-hybridized carbons (Fsp3) is 0.257. The lowest BCUT2D eigenvalue weighted by atomic mass is 10.0. The molecule has 7 heteroatoms. The van der Waals surface area contributed by atoms with Gasteiger partial charge in [0.1, 0.15) is 31.3 Å². The zero-order valence-electron chi connectivity index (χ0n) is 24.4. The average Bonchev–Trinajstić information content (AvgIpc) is 3.28. The number of fused-ring (bicyclic) bond motifs is 1. The van der Waals surface area contributed by atoms with Gasteiger partial charge in [0, 0.05) is 18.0 Å². The van der Waals surface area contributed by atoms with Crippen LogP contribution in [0.25, 0.3) is 23.1 Å². The normalized spacial score (nSPS) is 11.5. The first-order valence-corrected chi connectivity index (χ1v) is 14.1. The Labute approximate surface area is 246 Å². The van der Waals surface area contributed by atoms with Crippen molar-refractivity contribution in [2.45, 2.75) is 46.6 Å². The van der Waals surface area contributed by atoms with Crippen molar-refractivity contribution >= 4 is 34.9 Å². The van der Waals surface area contributed by atoms with Gasteiger partial charge in [0.05, 0.1) is 5.52 Å². The number of aromatic nitrogens is 1. The number of carbonyl (C=O) groups excluding carboxylic acids is 1. The molecule has 0 unspecified atom stereocenters. The second-order valence-electron chi connectivity index (χ2n) is 10.5. The Morgan fingerprint density at radius 3 is 2.29 bits per heavy atom. The van der Waals surface area contributed by atoms with E-state index in [1.807, 2.05) is 73.0 Å². The minimum absolute atomic E-state index is 0.144. The first kappa shape index (κ1) is 30.2. The SMILES string of the molecule is Cc1cc(C)c(OC/C=C/COc2ccc(/C=C/c3cccc4c(CCCC(N)=O)cn(CC(=O)O)c34)cc2)c(C)c1. The van der Waals surface area contributed by atoms with Crippen molar-refractivity contribution in [1.29, 1.82) is 0 Å². The van der Waals surface area contributed by atoms with E-state index in [0.29, 0.717) is 32.5 Å². The van der Waals surface area contributed by atoms with Crippen LogP contribution in [0.4, 0.5) is 0 Å². The Morgan fingerprint density at radius 1 is 0.929 bits per heavy atom. The largest absolute Gasteiger partial charge is 0.490 e. The van der Waals surface area contributed by atoms with Crippen molar-refractivity contribution in [3.8, 4) is 11.5 Å². The number of rotatable bonds is 14. The number of hydrogen-bond acceptors (Lipinski definition) is 4. The molecule has 0 atom stereocenters. The number of ether oxygens (including phenoxy) is 2. The number of primary amides is 1. The molecule has 218 valence electrons. The summed E-state index contributed by atoms with van der Waals surface area (Å²) in [6.07, 6.45) is 11.3. The number of amides is 1. The summed E-state index contributed by atoms with van der Waals surface area (Å²) in [5.41, 5.74) is 12.6. The Balaban J connectivity index is 1.37. The maximum absolute atomic E-state index is 11.5. The van der Waals surface area contributed by atoms with Crippen LogP contribution in [-0.4, -0.2) is 34.8 Å². The molecule has 0 saturated heterocycles. The molecule has 0 saturated carbocycles. The zero-order chi connectivity index (χ0) is 30.1. The van der Waals surface area contributed by atoms with Gasteiger partial charge >= 0.3 is 5.97 Å². The first-order chi connectivity index (χ1) is 20.2. The molecular weight excluding hydrogens is 528 g/mol. The summed E-state index contributed by atoms with van der Waals surface area (Å²) in [5.74, 6) is 0.445. The smallest absolute Gasteiger partial charge is 0.323 e. The summed E-state index contributed by atoms with van der Waals surface area (Å²) < 4.78 is 13.5. The summed E-state index contributed by atoms with van der Waals surface area (Å²) in [4.78, 5) is 22.7. The van der Waals surface area contributed by atoms with E-state index in [4.69, 9.17) is 15.2 Å². The van der Waals surface area contributed by atoms with Crippen LogP contribution < -0.4 is 15.2 Å². The van der Waals surface area contributed by atoms with Crippen molar-refractivity contribution in [1.82, 2.24) is 4.57 Å². The highest BCUT2D eigenvalue weighted by molar-refractivity contribution is 5.94. The highest BCUT2D eigenvalue weighted by Crippen LogP contribution is 2.28. The Hall–Kier alpha value is -4.78. The van der Waals surface area contributed by atoms with E-state index in [1.54, 1.807) is 4.57 Å². The molecule has 1 heterocycles. The molecule has 3 N–H and O–H groups in total. The van der Waals surface area contributed by atoms with Crippen molar-refractivity contribution in [3.63, 3.8) is 0 Å². The van der Waals surface area contributed by atoms with E-state index in [1.165, 1.54) is 5.56 Å². The molecule has 7 nitrogen and oxygen atoms in total. The molecule has 1 aromatic heterocycles. The number of carboxylic acid groups (broad SMARTS) is 1. The minimum Gasteiger partial charge on any atom is -0.490 e. The maximum Gasteiger partial charge on any atom is 0.323 e. The highest BCUT2D eigenvalue weighted by atomic mass is 16.5. The van der Waals surface area contributed by atoms with E-state index in [0.717, 1.165) is 50.2 Å². The second kappa shape index (κ2) is 14.2. The van der Waals surface area contributed by atoms with Crippen LogP contribution in [0.3, 0.4) is 0 Å². The quantitative estimate of drug-likeness (QED) is 0.131. The fourth-order valence-electron chi connectivity index (χ4n) is 5.19. The molecule has 0 radical (unpaired) electrons. The van der Waals surface area contributed by atoms with Crippen LogP contribution in [0.1, 0.15) is 46.2 Å². The van der Waals surface area contributed by atoms with E-state index in [-0.39, 0.29) is 12.5 Å². The van der Waals surface area contributed by atoms with E-state index < -0.39 is 5.97 Å². The van der Waals surface area contributed by atoms with Gasteiger partial charge in [0.25, 0.3) is 0 Å². The Bertz CT molecular complexity index is 1590. The average molecular weight is 567 g/mol. The Morgan fingerprint density at radius 2 is 1.62 bits per heavy atom. The van der Waals surface area contributed by atoms with Gasteiger partial charge in [-0.25, -0.2) is 0 Å². The zero-order valence-corrected chi connectivity index (χ0v) is 24.4. The van der Waals surface area contributed by atoms with E-state index in [2.05, 4.69) is 32.9 Å². The lowest BCUT2D eigenvalue weighted by Gasteiger charge is -2.11. The number of hydrogen-bond donors (Lipinski definition) is 2. The van der Waals surface area contributed by atoms with Gasteiger partial charge in [0.15, 0.2) is 0 Å². The summed E-state index contributed by atoms with van der Waals surface area (Å²) >= 11 is 0. The molecule has 0 aliphatic carbocycles. The van der Waals surface area contributed by atoms with Gasteiger partial charge < -0.3 is 24.9 Å². The van der Waals surface area contributed by atoms with Gasteiger partial charge in [-0.2, -0.15) is 0 Å². The maximum atomic E-state index is 11.5. The third-order valence-electron chi connectivity index (χ3n) is 6.96. The molecule has 4 aromatic rings. The summed E-state index contributed by atoms with van der Waals surface area (Å²) in [6.45, 7) is 6.98. The molecule has 0 aliphatic rings. The number of para-hydroxylation sites is 1. The molecule has 0 fully saturated rings. The van der Waals surface area contributed by atoms with Crippen LogP contribution in [0.15, 0.2) is 72.9 Å².